The highest BCUT2D eigenvalue weighted by molar-refractivity contribution is 5.74. The van der Waals surface area contributed by atoms with Crippen molar-refractivity contribution in [1.82, 2.24) is 0 Å². The number of rotatable bonds is 19. The maximum Gasteiger partial charge on any atom is 0.334 e. The summed E-state index contributed by atoms with van der Waals surface area (Å²) in [6.07, 6.45) is 14.8. The van der Waals surface area contributed by atoms with Crippen molar-refractivity contribution >= 4 is 11.9 Å². The predicted octanol–water partition coefficient (Wildman–Crippen LogP) is 6.15. The Bertz CT molecular complexity index is 639. The molecule has 0 saturated carbocycles. The smallest absolute Gasteiger partial charge is 0.334 e. The SMILES string of the molecule is CCCCC[C@H](O)C=C[C@H]1CCC(OC(=O)CCC)=C1CCCCCC(O)C(=O)OCCCC. The maximum absolute atomic E-state index is 12.1. The van der Waals surface area contributed by atoms with Crippen molar-refractivity contribution in [2.75, 3.05) is 6.61 Å². The van der Waals surface area contributed by atoms with Crippen LogP contribution in [0.2, 0.25) is 0 Å². The van der Waals surface area contributed by atoms with E-state index in [-0.39, 0.29) is 11.9 Å². The Morgan fingerprint density at radius 2 is 1.71 bits per heavy atom. The van der Waals surface area contributed by atoms with Gasteiger partial charge in [0.2, 0.25) is 0 Å². The zero-order chi connectivity index (χ0) is 25.2. The third kappa shape index (κ3) is 12.7. The first-order chi connectivity index (χ1) is 16.4. The minimum absolute atomic E-state index is 0.177. The van der Waals surface area contributed by atoms with Gasteiger partial charge in [-0.15, -0.1) is 0 Å². The standard InChI is InChI=1S/C28H48O6/c1-4-7-10-14-23(29)19-17-22-18-20-26(34-27(31)13-6-3)24(22)15-11-9-12-16-25(30)28(32)33-21-8-5-2/h17,19,22-23,25,29-30H,4-16,18,20-21H2,1-3H3/t22-,23-,25?/m0/s1. The van der Waals surface area contributed by atoms with Gasteiger partial charge in [-0.05, 0) is 50.5 Å². The van der Waals surface area contributed by atoms with Crippen LogP contribution in [0.5, 0.6) is 0 Å². The van der Waals surface area contributed by atoms with Crippen molar-refractivity contribution in [1.29, 1.82) is 0 Å². The highest BCUT2D eigenvalue weighted by Gasteiger charge is 2.26. The Kier molecular flexibility index (Phi) is 16.7. The fourth-order valence-corrected chi connectivity index (χ4v) is 4.20. The van der Waals surface area contributed by atoms with Crippen molar-refractivity contribution < 1.29 is 29.3 Å². The van der Waals surface area contributed by atoms with Crippen molar-refractivity contribution in [3.8, 4) is 0 Å². The minimum atomic E-state index is -1.06. The molecule has 0 aliphatic heterocycles. The largest absolute Gasteiger partial charge is 0.464 e. The lowest BCUT2D eigenvalue weighted by atomic mass is 9.94. The van der Waals surface area contributed by atoms with Crippen molar-refractivity contribution in [3.05, 3.63) is 23.5 Å². The van der Waals surface area contributed by atoms with Crippen LogP contribution < -0.4 is 0 Å². The second-order valence-corrected chi connectivity index (χ2v) is 9.40. The number of hydrogen-bond acceptors (Lipinski definition) is 6. The number of unbranched alkanes of at least 4 members (excludes halogenated alkanes) is 5. The van der Waals surface area contributed by atoms with Crippen molar-refractivity contribution in [3.63, 3.8) is 0 Å². The Labute approximate surface area is 206 Å². The molecule has 34 heavy (non-hydrogen) atoms. The zero-order valence-corrected chi connectivity index (χ0v) is 21.7. The van der Waals surface area contributed by atoms with Gasteiger partial charge in [-0.25, -0.2) is 4.79 Å². The number of aliphatic hydroxyl groups is 2. The molecular formula is C28H48O6. The monoisotopic (exact) mass is 480 g/mol. The molecule has 1 rings (SSSR count). The number of carbonyl (C=O) groups excluding carboxylic acids is 2. The van der Waals surface area contributed by atoms with Gasteiger partial charge >= 0.3 is 11.9 Å². The van der Waals surface area contributed by atoms with Crippen molar-refractivity contribution in [2.45, 2.75) is 129 Å². The minimum Gasteiger partial charge on any atom is -0.464 e. The average Bonchev–Trinajstić information content (AvgIpc) is 3.18. The number of hydrogen-bond donors (Lipinski definition) is 2. The lowest BCUT2D eigenvalue weighted by molar-refractivity contribution is -0.154. The number of ether oxygens (including phenoxy) is 2. The molecule has 0 bridgehead atoms. The van der Waals surface area contributed by atoms with Gasteiger partial charge in [-0.3, -0.25) is 4.79 Å². The quantitative estimate of drug-likeness (QED) is 0.131. The Morgan fingerprint density at radius 1 is 0.971 bits per heavy atom. The summed E-state index contributed by atoms with van der Waals surface area (Å²) in [6.45, 7) is 6.50. The summed E-state index contributed by atoms with van der Waals surface area (Å²) < 4.78 is 10.8. The van der Waals surface area contributed by atoms with Crippen LogP contribution in [0, 0.1) is 5.92 Å². The summed E-state index contributed by atoms with van der Waals surface area (Å²) in [5.74, 6) is 0.279. The van der Waals surface area contributed by atoms with Gasteiger partial charge in [-0.2, -0.15) is 0 Å². The predicted molar refractivity (Wildman–Crippen MR) is 135 cm³/mol. The second-order valence-electron chi connectivity index (χ2n) is 9.40. The van der Waals surface area contributed by atoms with Crippen LogP contribution in [-0.4, -0.2) is 41.0 Å². The van der Waals surface area contributed by atoms with Crippen LogP contribution in [0.1, 0.15) is 117 Å². The topological polar surface area (TPSA) is 93.1 Å². The molecular weight excluding hydrogens is 432 g/mol. The number of allylic oxidation sites excluding steroid dienone is 3. The molecule has 1 unspecified atom stereocenters. The molecule has 0 fully saturated rings. The summed E-state index contributed by atoms with van der Waals surface area (Å²) in [6, 6.07) is 0. The number of aliphatic hydroxyl groups excluding tert-OH is 2. The van der Waals surface area contributed by atoms with Gasteiger partial charge in [-0.1, -0.05) is 71.4 Å². The van der Waals surface area contributed by atoms with Crippen LogP contribution in [0.15, 0.2) is 23.5 Å². The molecule has 3 atom stereocenters. The van der Waals surface area contributed by atoms with Crippen molar-refractivity contribution in [2.24, 2.45) is 5.92 Å². The van der Waals surface area contributed by atoms with Crippen LogP contribution >= 0.6 is 0 Å². The second kappa shape index (κ2) is 18.6. The van der Waals surface area contributed by atoms with E-state index in [0.717, 1.165) is 94.8 Å². The van der Waals surface area contributed by atoms with Crippen LogP contribution in [0.25, 0.3) is 0 Å². The Hall–Kier alpha value is -1.66. The lowest BCUT2D eigenvalue weighted by Crippen LogP contribution is -2.23. The zero-order valence-electron chi connectivity index (χ0n) is 21.7. The fraction of sp³-hybridized carbons (Fsp3) is 0.786. The van der Waals surface area contributed by atoms with Crippen LogP contribution in [0.4, 0.5) is 0 Å². The van der Waals surface area contributed by atoms with E-state index in [9.17, 15) is 19.8 Å². The third-order valence-corrected chi connectivity index (χ3v) is 6.29. The van der Waals surface area contributed by atoms with E-state index in [1.165, 1.54) is 0 Å². The normalized spacial score (nSPS) is 17.9. The molecule has 6 heteroatoms. The summed E-state index contributed by atoms with van der Waals surface area (Å²) in [5, 5.41) is 20.3. The van der Waals surface area contributed by atoms with Gasteiger partial charge in [0, 0.05) is 18.8 Å². The van der Waals surface area contributed by atoms with E-state index >= 15 is 0 Å². The molecule has 0 saturated heterocycles. The van der Waals surface area contributed by atoms with Crippen LogP contribution in [-0.2, 0) is 19.1 Å². The Morgan fingerprint density at radius 3 is 2.41 bits per heavy atom. The fourth-order valence-electron chi connectivity index (χ4n) is 4.20. The molecule has 0 spiro atoms. The summed E-state index contributed by atoms with van der Waals surface area (Å²) in [5.41, 5.74) is 1.15. The average molecular weight is 481 g/mol. The van der Waals surface area contributed by atoms with Crippen LogP contribution in [0.3, 0.4) is 0 Å². The molecule has 1 aliphatic carbocycles. The molecule has 196 valence electrons. The number of carbonyl (C=O) groups is 2. The van der Waals surface area contributed by atoms with Gasteiger partial charge in [0.1, 0.15) is 5.76 Å². The maximum atomic E-state index is 12.1. The highest BCUT2D eigenvalue weighted by atomic mass is 16.5. The summed E-state index contributed by atoms with van der Waals surface area (Å²) in [7, 11) is 0. The first-order valence-electron chi connectivity index (χ1n) is 13.6. The van der Waals surface area contributed by atoms with E-state index in [1.54, 1.807) is 0 Å². The molecule has 0 aromatic heterocycles. The van der Waals surface area contributed by atoms with E-state index in [1.807, 2.05) is 19.9 Å². The van der Waals surface area contributed by atoms with E-state index < -0.39 is 18.2 Å². The first-order valence-corrected chi connectivity index (χ1v) is 13.6. The lowest BCUT2D eigenvalue weighted by Gasteiger charge is -2.14. The van der Waals surface area contributed by atoms with E-state index in [4.69, 9.17) is 9.47 Å². The van der Waals surface area contributed by atoms with Gasteiger partial charge in [0.15, 0.2) is 6.10 Å². The van der Waals surface area contributed by atoms with Gasteiger partial charge < -0.3 is 19.7 Å². The molecule has 0 amide bonds. The highest BCUT2D eigenvalue weighted by Crippen LogP contribution is 2.37. The van der Waals surface area contributed by atoms with E-state index in [0.29, 0.717) is 19.4 Å². The molecule has 2 N–H and O–H groups in total. The van der Waals surface area contributed by atoms with Gasteiger partial charge in [0.25, 0.3) is 0 Å². The molecule has 6 nitrogen and oxygen atoms in total. The Balaban J connectivity index is 2.58. The summed E-state index contributed by atoms with van der Waals surface area (Å²) >= 11 is 0. The number of esters is 2. The molecule has 0 aromatic rings. The molecule has 0 heterocycles. The van der Waals surface area contributed by atoms with Gasteiger partial charge in [0.05, 0.1) is 12.7 Å². The molecule has 1 aliphatic rings. The first kappa shape index (κ1) is 30.4. The summed E-state index contributed by atoms with van der Waals surface area (Å²) in [4.78, 5) is 23.9. The molecule has 0 aromatic carbocycles. The molecule has 0 radical (unpaired) electrons. The third-order valence-electron chi connectivity index (χ3n) is 6.29. The van der Waals surface area contributed by atoms with E-state index in [2.05, 4.69) is 13.0 Å².